The van der Waals surface area contributed by atoms with E-state index in [9.17, 15) is 29.8 Å². The molecule has 1 aromatic carbocycles. The molecular formula is C12H14FNO8. The average Bonchev–Trinajstić information content (AvgIpc) is 2.49. The molecule has 2 rings (SSSR count). The van der Waals surface area contributed by atoms with Crippen LogP contribution in [0.2, 0.25) is 0 Å². The minimum absolute atomic E-state index is 0.449. The van der Waals surface area contributed by atoms with E-state index in [1.165, 1.54) is 0 Å². The molecule has 0 aromatic heterocycles. The lowest BCUT2D eigenvalue weighted by atomic mass is 9.99. The summed E-state index contributed by atoms with van der Waals surface area (Å²) in [5, 5.41) is 48.4. The van der Waals surface area contributed by atoms with Crippen LogP contribution in [0.5, 0.6) is 5.75 Å². The van der Waals surface area contributed by atoms with Crippen LogP contribution in [0.3, 0.4) is 0 Å². The highest BCUT2D eigenvalue weighted by Crippen LogP contribution is 2.27. The molecule has 4 N–H and O–H groups in total. The lowest BCUT2D eigenvalue weighted by Crippen LogP contribution is -2.60. The Morgan fingerprint density at radius 3 is 2.50 bits per heavy atom. The molecule has 9 nitrogen and oxygen atoms in total. The highest BCUT2D eigenvalue weighted by molar-refractivity contribution is 5.37. The fraction of sp³-hybridized carbons (Fsp3) is 0.500. The van der Waals surface area contributed by atoms with E-state index in [2.05, 4.69) is 0 Å². The zero-order valence-electron chi connectivity index (χ0n) is 11.1. The molecule has 0 unspecified atom stereocenters. The van der Waals surface area contributed by atoms with Crippen LogP contribution in [0.1, 0.15) is 0 Å². The van der Waals surface area contributed by atoms with Crippen molar-refractivity contribution >= 4 is 5.69 Å². The number of hydrogen-bond donors (Lipinski definition) is 4. The summed E-state index contributed by atoms with van der Waals surface area (Å²) in [6.07, 6.45) is -7.71. The van der Waals surface area contributed by atoms with Crippen molar-refractivity contribution in [2.75, 3.05) is 6.61 Å². The fourth-order valence-corrected chi connectivity index (χ4v) is 1.99. The molecule has 0 radical (unpaired) electrons. The van der Waals surface area contributed by atoms with E-state index >= 15 is 0 Å². The lowest BCUT2D eigenvalue weighted by Gasteiger charge is -2.39. The van der Waals surface area contributed by atoms with Crippen molar-refractivity contribution in [2.24, 2.45) is 0 Å². The zero-order valence-corrected chi connectivity index (χ0v) is 11.1. The van der Waals surface area contributed by atoms with Gasteiger partial charge in [-0.15, -0.1) is 0 Å². The van der Waals surface area contributed by atoms with Crippen molar-refractivity contribution in [3.05, 3.63) is 34.1 Å². The van der Waals surface area contributed by atoms with Gasteiger partial charge in [-0.05, 0) is 6.07 Å². The van der Waals surface area contributed by atoms with Gasteiger partial charge in [0.1, 0.15) is 24.4 Å². The van der Waals surface area contributed by atoms with Gasteiger partial charge in [-0.3, -0.25) is 10.1 Å². The van der Waals surface area contributed by atoms with E-state index in [1.54, 1.807) is 0 Å². The van der Waals surface area contributed by atoms with Crippen LogP contribution in [0.4, 0.5) is 10.1 Å². The van der Waals surface area contributed by atoms with Gasteiger partial charge >= 0.3 is 0 Å². The second-order valence-electron chi connectivity index (χ2n) is 4.69. The van der Waals surface area contributed by atoms with Crippen molar-refractivity contribution in [1.82, 2.24) is 0 Å². The van der Waals surface area contributed by atoms with Gasteiger partial charge in [-0.25, -0.2) is 4.39 Å². The van der Waals surface area contributed by atoms with Gasteiger partial charge < -0.3 is 29.9 Å². The third-order valence-electron chi connectivity index (χ3n) is 3.22. The van der Waals surface area contributed by atoms with Gasteiger partial charge in [0, 0.05) is 6.07 Å². The quantitative estimate of drug-likeness (QED) is 0.405. The Morgan fingerprint density at radius 1 is 1.27 bits per heavy atom. The number of hydrogen-bond acceptors (Lipinski definition) is 8. The van der Waals surface area contributed by atoms with Gasteiger partial charge in [0.25, 0.3) is 5.69 Å². The highest BCUT2D eigenvalue weighted by Gasteiger charge is 2.44. The Balaban J connectivity index is 2.17. The molecule has 5 atom stereocenters. The number of aliphatic hydroxyl groups excluding tert-OH is 4. The fourth-order valence-electron chi connectivity index (χ4n) is 1.99. The second kappa shape index (κ2) is 6.50. The maximum atomic E-state index is 13.7. The summed E-state index contributed by atoms with van der Waals surface area (Å²) in [6.45, 7) is -0.659. The molecule has 122 valence electrons. The topological polar surface area (TPSA) is 143 Å². The largest absolute Gasteiger partial charge is 0.459 e. The van der Waals surface area contributed by atoms with Gasteiger partial charge in [-0.2, -0.15) is 0 Å². The monoisotopic (exact) mass is 319 g/mol. The number of halogens is 1. The molecule has 0 aliphatic carbocycles. The van der Waals surface area contributed by atoms with Crippen molar-refractivity contribution in [1.29, 1.82) is 0 Å². The molecule has 22 heavy (non-hydrogen) atoms. The maximum Gasteiger partial charge on any atom is 0.272 e. The van der Waals surface area contributed by atoms with E-state index in [0.717, 1.165) is 12.1 Å². The molecule has 1 saturated heterocycles. The molecule has 0 saturated carbocycles. The van der Waals surface area contributed by atoms with Gasteiger partial charge in [0.15, 0.2) is 11.6 Å². The van der Waals surface area contributed by atoms with E-state index in [0.29, 0.717) is 6.07 Å². The second-order valence-corrected chi connectivity index (χ2v) is 4.69. The van der Waals surface area contributed by atoms with Crippen LogP contribution in [0, 0.1) is 15.9 Å². The standard InChI is InChI=1S/C12H14FNO8/c13-6-3-5(14(19)20)1-2-7(6)21-12-11(18)10(17)9(16)8(4-15)22-12/h1-3,8-12,15-18H,4H2/t8-,9+,10+,11-,12-/m1/s1. The molecule has 0 spiro atoms. The SMILES string of the molecule is O=[N+]([O-])c1ccc(O[C@@H]2O[C@H](CO)[C@H](O)[C@H](O)[C@H]2O)c(F)c1. The molecule has 1 aromatic rings. The molecule has 0 bridgehead atoms. The van der Waals surface area contributed by atoms with Crippen LogP contribution in [-0.4, -0.2) is 62.7 Å². The number of aliphatic hydroxyl groups is 4. The summed E-state index contributed by atoms with van der Waals surface area (Å²) < 4.78 is 23.8. The number of rotatable bonds is 4. The van der Waals surface area contributed by atoms with Gasteiger partial charge in [0.2, 0.25) is 6.29 Å². The molecule has 0 amide bonds. The third-order valence-corrected chi connectivity index (χ3v) is 3.22. The Kier molecular flexibility index (Phi) is 4.88. The molecule has 1 aliphatic rings. The van der Waals surface area contributed by atoms with Gasteiger partial charge in [0.05, 0.1) is 17.6 Å². The summed E-state index contributed by atoms with van der Waals surface area (Å²) in [5.74, 6) is -1.51. The number of nitro groups is 1. The first-order chi connectivity index (χ1) is 10.3. The number of benzene rings is 1. The molecule has 1 fully saturated rings. The lowest BCUT2D eigenvalue weighted by molar-refractivity contribution is -0.385. The first kappa shape index (κ1) is 16.5. The van der Waals surface area contributed by atoms with Crippen molar-refractivity contribution in [2.45, 2.75) is 30.7 Å². The minimum atomic E-state index is -1.70. The number of non-ortho nitro benzene ring substituents is 1. The van der Waals surface area contributed by atoms with Crippen molar-refractivity contribution in [3.8, 4) is 5.75 Å². The van der Waals surface area contributed by atoms with E-state index in [1.807, 2.05) is 0 Å². The summed E-state index contributed by atoms with van der Waals surface area (Å²) in [7, 11) is 0. The predicted molar refractivity (Wildman–Crippen MR) is 67.4 cm³/mol. The Labute approximate surface area is 123 Å². The maximum absolute atomic E-state index is 13.7. The summed E-state index contributed by atoms with van der Waals surface area (Å²) in [5.41, 5.74) is -0.487. The molecular weight excluding hydrogens is 305 g/mol. The van der Waals surface area contributed by atoms with Crippen LogP contribution in [0.15, 0.2) is 18.2 Å². The smallest absolute Gasteiger partial charge is 0.272 e. The summed E-state index contributed by atoms with van der Waals surface area (Å²) >= 11 is 0. The van der Waals surface area contributed by atoms with Crippen molar-refractivity contribution < 1.29 is 39.2 Å². The molecule has 1 heterocycles. The van der Waals surface area contributed by atoms with Crippen LogP contribution in [-0.2, 0) is 4.74 Å². The number of nitro benzene ring substituents is 1. The average molecular weight is 319 g/mol. The third kappa shape index (κ3) is 3.15. The van der Waals surface area contributed by atoms with Crippen LogP contribution >= 0.6 is 0 Å². The summed E-state index contributed by atoms with van der Waals surface area (Å²) in [6, 6.07) is 2.58. The molecule has 10 heteroatoms. The Morgan fingerprint density at radius 2 is 1.95 bits per heavy atom. The van der Waals surface area contributed by atoms with E-state index in [4.69, 9.17) is 14.6 Å². The zero-order chi connectivity index (χ0) is 16.4. The van der Waals surface area contributed by atoms with E-state index < -0.39 is 59.5 Å². The van der Waals surface area contributed by atoms with E-state index in [-0.39, 0.29) is 0 Å². The summed E-state index contributed by atoms with van der Waals surface area (Å²) in [4.78, 5) is 9.72. The van der Waals surface area contributed by atoms with Crippen molar-refractivity contribution in [3.63, 3.8) is 0 Å². The Hall–Kier alpha value is -1.85. The molecule has 1 aliphatic heterocycles. The van der Waals surface area contributed by atoms with Crippen LogP contribution in [0.25, 0.3) is 0 Å². The van der Waals surface area contributed by atoms with Crippen LogP contribution < -0.4 is 4.74 Å². The highest BCUT2D eigenvalue weighted by atomic mass is 19.1. The first-order valence-electron chi connectivity index (χ1n) is 6.26. The van der Waals surface area contributed by atoms with Gasteiger partial charge in [-0.1, -0.05) is 0 Å². The number of nitrogens with zero attached hydrogens (tertiary/aromatic N) is 1. The Bertz CT molecular complexity index is 554. The minimum Gasteiger partial charge on any atom is -0.459 e. The number of ether oxygens (including phenoxy) is 2. The normalized spacial score (nSPS) is 31.8. The first-order valence-corrected chi connectivity index (χ1v) is 6.26. The predicted octanol–water partition coefficient (Wildman–Crippen LogP) is -1.09.